The Bertz CT molecular complexity index is 697. The van der Waals surface area contributed by atoms with Crippen molar-refractivity contribution in [2.45, 2.75) is 39.8 Å². The molecule has 24 heavy (non-hydrogen) atoms. The summed E-state index contributed by atoms with van der Waals surface area (Å²) in [5.41, 5.74) is 0.505. The molecule has 0 fully saturated rings. The molecule has 1 aromatic heterocycles. The van der Waals surface area contributed by atoms with E-state index in [1.54, 1.807) is 38.1 Å². The summed E-state index contributed by atoms with van der Waals surface area (Å²) in [5, 5.41) is 9.29. The van der Waals surface area contributed by atoms with Crippen LogP contribution in [0, 0.1) is 12.8 Å². The standard InChI is InChI=1S/C17H22N4O3/c1-10(2)14(17-19-12(4)21-24-17)20-15(22)11(3)18-16(23)13-8-6-5-7-9-13/h5-11,14H,1-4H3,(H,18,23)(H,20,22)/t11-,14-/m0/s1. The second-order valence-corrected chi connectivity index (χ2v) is 5.97. The first-order valence-electron chi connectivity index (χ1n) is 7.85. The first-order chi connectivity index (χ1) is 11.4. The van der Waals surface area contributed by atoms with Crippen LogP contribution in [0.4, 0.5) is 0 Å². The Labute approximate surface area is 140 Å². The molecule has 128 valence electrons. The van der Waals surface area contributed by atoms with Crippen LogP contribution in [0.5, 0.6) is 0 Å². The number of carbonyl (C=O) groups excluding carboxylic acids is 2. The van der Waals surface area contributed by atoms with E-state index < -0.39 is 12.1 Å². The molecule has 0 aliphatic rings. The third kappa shape index (κ3) is 4.41. The van der Waals surface area contributed by atoms with Crippen molar-refractivity contribution in [3.8, 4) is 0 Å². The molecule has 7 heteroatoms. The molecule has 7 nitrogen and oxygen atoms in total. The second kappa shape index (κ2) is 7.72. The summed E-state index contributed by atoms with van der Waals surface area (Å²) in [4.78, 5) is 28.7. The maximum absolute atomic E-state index is 12.4. The first kappa shape index (κ1) is 17.7. The van der Waals surface area contributed by atoms with Crippen molar-refractivity contribution in [1.82, 2.24) is 20.8 Å². The minimum absolute atomic E-state index is 0.0609. The molecule has 0 unspecified atom stereocenters. The molecule has 1 heterocycles. The molecule has 2 N–H and O–H groups in total. The van der Waals surface area contributed by atoms with Crippen molar-refractivity contribution < 1.29 is 14.1 Å². The normalized spacial score (nSPS) is 13.4. The van der Waals surface area contributed by atoms with Gasteiger partial charge in [0.15, 0.2) is 5.82 Å². The van der Waals surface area contributed by atoms with Crippen LogP contribution >= 0.6 is 0 Å². The number of benzene rings is 1. The highest BCUT2D eigenvalue weighted by Gasteiger charge is 2.26. The van der Waals surface area contributed by atoms with Gasteiger partial charge in [0.1, 0.15) is 12.1 Å². The van der Waals surface area contributed by atoms with E-state index in [0.717, 1.165) is 0 Å². The molecule has 0 bridgehead atoms. The van der Waals surface area contributed by atoms with E-state index in [9.17, 15) is 9.59 Å². The topological polar surface area (TPSA) is 97.1 Å². The molecule has 0 saturated heterocycles. The lowest BCUT2D eigenvalue weighted by molar-refractivity contribution is -0.123. The van der Waals surface area contributed by atoms with Gasteiger partial charge in [-0.15, -0.1) is 0 Å². The average Bonchev–Trinajstić information content (AvgIpc) is 2.98. The SMILES string of the molecule is Cc1noc([C@@H](NC(=O)[C@H](C)NC(=O)c2ccccc2)C(C)C)n1. The van der Waals surface area contributed by atoms with Gasteiger partial charge in [-0.1, -0.05) is 37.2 Å². The van der Waals surface area contributed by atoms with Crippen molar-refractivity contribution in [2.75, 3.05) is 0 Å². The van der Waals surface area contributed by atoms with Crippen LogP contribution in [0.3, 0.4) is 0 Å². The van der Waals surface area contributed by atoms with Gasteiger partial charge < -0.3 is 15.2 Å². The Hall–Kier alpha value is -2.70. The molecule has 2 aromatic rings. The third-order valence-corrected chi connectivity index (χ3v) is 3.55. The fourth-order valence-electron chi connectivity index (χ4n) is 2.17. The molecule has 2 rings (SSSR count). The highest BCUT2D eigenvalue weighted by molar-refractivity contribution is 5.97. The van der Waals surface area contributed by atoms with E-state index >= 15 is 0 Å². The molecule has 2 amide bonds. The Morgan fingerprint density at radius 3 is 2.29 bits per heavy atom. The largest absolute Gasteiger partial charge is 0.342 e. The summed E-state index contributed by atoms with van der Waals surface area (Å²) in [7, 11) is 0. The first-order valence-corrected chi connectivity index (χ1v) is 7.85. The number of hydrogen-bond donors (Lipinski definition) is 2. The van der Waals surface area contributed by atoms with Crippen LogP contribution in [-0.2, 0) is 4.79 Å². The third-order valence-electron chi connectivity index (χ3n) is 3.55. The van der Waals surface area contributed by atoms with Gasteiger partial charge in [0.2, 0.25) is 11.8 Å². The van der Waals surface area contributed by atoms with Crippen LogP contribution in [0.15, 0.2) is 34.9 Å². The van der Waals surface area contributed by atoms with Crippen molar-refractivity contribution in [2.24, 2.45) is 5.92 Å². The monoisotopic (exact) mass is 330 g/mol. The van der Waals surface area contributed by atoms with Gasteiger partial charge in [-0.2, -0.15) is 4.98 Å². The summed E-state index contributed by atoms with van der Waals surface area (Å²) < 4.78 is 5.16. The molecule has 2 atom stereocenters. The number of carbonyl (C=O) groups is 2. The van der Waals surface area contributed by atoms with E-state index in [4.69, 9.17) is 4.52 Å². The summed E-state index contributed by atoms with van der Waals surface area (Å²) >= 11 is 0. The minimum atomic E-state index is -0.692. The molecule has 0 radical (unpaired) electrons. The fraction of sp³-hybridized carbons (Fsp3) is 0.412. The van der Waals surface area contributed by atoms with Crippen molar-refractivity contribution in [3.63, 3.8) is 0 Å². The molecular weight excluding hydrogens is 308 g/mol. The highest BCUT2D eigenvalue weighted by Crippen LogP contribution is 2.20. The second-order valence-electron chi connectivity index (χ2n) is 5.97. The van der Waals surface area contributed by atoms with Gasteiger partial charge >= 0.3 is 0 Å². The Morgan fingerprint density at radius 2 is 1.75 bits per heavy atom. The number of hydrogen-bond acceptors (Lipinski definition) is 5. The molecule has 0 spiro atoms. The summed E-state index contributed by atoms with van der Waals surface area (Å²) in [5.74, 6) is 0.320. The minimum Gasteiger partial charge on any atom is -0.342 e. The Morgan fingerprint density at radius 1 is 1.08 bits per heavy atom. The zero-order chi connectivity index (χ0) is 17.7. The Kier molecular flexibility index (Phi) is 5.68. The zero-order valence-corrected chi connectivity index (χ0v) is 14.2. The van der Waals surface area contributed by atoms with Crippen LogP contribution in [0.1, 0.15) is 48.9 Å². The number of rotatable bonds is 6. The van der Waals surface area contributed by atoms with Gasteiger partial charge in [-0.3, -0.25) is 9.59 Å². The quantitative estimate of drug-likeness (QED) is 0.844. The lowest BCUT2D eigenvalue weighted by Crippen LogP contribution is -2.46. The van der Waals surface area contributed by atoms with Gasteiger partial charge in [0.05, 0.1) is 0 Å². The number of aromatic nitrogens is 2. The van der Waals surface area contributed by atoms with E-state index in [0.29, 0.717) is 17.3 Å². The maximum atomic E-state index is 12.4. The predicted molar refractivity (Wildman–Crippen MR) is 88.1 cm³/mol. The van der Waals surface area contributed by atoms with Crippen LogP contribution in [0.25, 0.3) is 0 Å². The van der Waals surface area contributed by atoms with E-state index in [-0.39, 0.29) is 17.7 Å². The van der Waals surface area contributed by atoms with E-state index in [1.807, 2.05) is 19.9 Å². The van der Waals surface area contributed by atoms with Crippen LogP contribution < -0.4 is 10.6 Å². The van der Waals surface area contributed by atoms with Gasteiger partial charge in [0, 0.05) is 5.56 Å². The summed E-state index contributed by atoms with van der Waals surface area (Å²) in [6.45, 7) is 7.23. The van der Waals surface area contributed by atoms with Gasteiger partial charge in [-0.25, -0.2) is 0 Å². The predicted octanol–water partition coefficient (Wildman–Crippen LogP) is 2.01. The number of amides is 2. The molecule has 0 aliphatic carbocycles. The smallest absolute Gasteiger partial charge is 0.251 e. The van der Waals surface area contributed by atoms with Gasteiger partial charge in [-0.05, 0) is 31.9 Å². The fourth-order valence-corrected chi connectivity index (χ4v) is 2.17. The summed E-state index contributed by atoms with van der Waals surface area (Å²) in [6.07, 6.45) is 0. The molecule has 1 aromatic carbocycles. The van der Waals surface area contributed by atoms with Crippen molar-refractivity contribution in [3.05, 3.63) is 47.6 Å². The highest BCUT2D eigenvalue weighted by atomic mass is 16.5. The average molecular weight is 330 g/mol. The van der Waals surface area contributed by atoms with Crippen molar-refractivity contribution in [1.29, 1.82) is 0 Å². The van der Waals surface area contributed by atoms with Crippen molar-refractivity contribution >= 4 is 11.8 Å². The molecular formula is C17H22N4O3. The lowest BCUT2D eigenvalue weighted by atomic mass is 10.0. The molecule has 0 aliphatic heterocycles. The lowest BCUT2D eigenvalue weighted by Gasteiger charge is -2.21. The Balaban J connectivity index is 2.00. The molecule has 0 saturated carbocycles. The van der Waals surface area contributed by atoms with Gasteiger partial charge in [0.25, 0.3) is 5.91 Å². The number of aryl methyl sites for hydroxylation is 1. The zero-order valence-electron chi connectivity index (χ0n) is 14.2. The maximum Gasteiger partial charge on any atom is 0.251 e. The number of nitrogens with zero attached hydrogens (tertiary/aromatic N) is 2. The number of nitrogens with one attached hydrogen (secondary N) is 2. The summed E-state index contributed by atoms with van der Waals surface area (Å²) in [6, 6.07) is 7.65. The van der Waals surface area contributed by atoms with Crippen LogP contribution in [0.2, 0.25) is 0 Å². The van der Waals surface area contributed by atoms with E-state index in [1.165, 1.54) is 0 Å². The van der Waals surface area contributed by atoms with Crippen LogP contribution in [-0.4, -0.2) is 28.0 Å². The van der Waals surface area contributed by atoms with E-state index in [2.05, 4.69) is 20.8 Å².